The van der Waals surface area contributed by atoms with Crippen LogP contribution >= 0.6 is 22.6 Å². The number of carbonyl (C=O) groups is 3. The number of amides is 3. The van der Waals surface area contributed by atoms with E-state index in [4.69, 9.17) is 4.74 Å². The summed E-state index contributed by atoms with van der Waals surface area (Å²) in [7, 11) is 1.54. The van der Waals surface area contributed by atoms with E-state index in [9.17, 15) is 14.4 Å². The summed E-state index contributed by atoms with van der Waals surface area (Å²) in [5.41, 5.74) is 1.92. The van der Waals surface area contributed by atoms with Crippen molar-refractivity contribution in [1.82, 2.24) is 0 Å². The summed E-state index contributed by atoms with van der Waals surface area (Å²) in [6, 6.07) is 18.6. The number of ether oxygens (including phenoxy) is 1. The molecule has 3 aromatic rings. The van der Waals surface area contributed by atoms with Gasteiger partial charge in [-0.15, -0.1) is 0 Å². The molecular formula is C22H15IN2O4. The molecule has 1 N–H and O–H groups in total. The fourth-order valence-electron chi connectivity index (χ4n) is 3.10. The molecule has 0 radical (unpaired) electrons. The summed E-state index contributed by atoms with van der Waals surface area (Å²) in [6.07, 6.45) is 0. The molecule has 0 fully saturated rings. The monoisotopic (exact) mass is 498 g/mol. The number of para-hydroxylation sites is 1. The van der Waals surface area contributed by atoms with Crippen molar-refractivity contribution in [2.75, 3.05) is 17.3 Å². The van der Waals surface area contributed by atoms with Crippen LogP contribution in [-0.2, 0) is 0 Å². The number of methoxy groups -OCH3 is 1. The van der Waals surface area contributed by atoms with Crippen LogP contribution in [0.4, 0.5) is 11.4 Å². The van der Waals surface area contributed by atoms with Gasteiger partial charge in [0.05, 0.1) is 29.6 Å². The highest BCUT2D eigenvalue weighted by Gasteiger charge is 2.37. The Bertz CT molecular complexity index is 1140. The fraction of sp³-hybridized carbons (Fsp3) is 0.0455. The largest absolute Gasteiger partial charge is 0.497 e. The van der Waals surface area contributed by atoms with Gasteiger partial charge in [0.1, 0.15) is 5.75 Å². The lowest BCUT2D eigenvalue weighted by atomic mass is 10.1. The number of fused-ring (bicyclic) bond motifs is 1. The number of rotatable bonds is 4. The predicted molar refractivity (Wildman–Crippen MR) is 118 cm³/mol. The average Bonchev–Trinajstić information content (AvgIpc) is 2.99. The van der Waals surface area contributed by atoms with Gasteiger partial charge in [0.2, 0.25) is 0 Å². The normalized spacial score (nSPS) is 12.7. The molecule has 0 atom stereocenters. The number of imide groups is 1. The molecule has 144 valence electrons. The number of anilines is 2. The molecule has 1 heterocycles. The Morgan fingerprint density at radius 1 is 0.931 bits per heavy atom. The molecule has 1 aliphatic rings. The van der Waals surface area contributed by atoms with Gasteiger partial charge in [0, 0.05) is 9.13 Å². The van der Waals surface area contributed by atoms with Crippen LogP contribution in [0, 0.1) is 3.57 Å². The maximum atomic E-state index is 12.9. The standard InChI is InChI=1S/C22H15IN2O4/c1-29-15-9-7-14(8-10-15)25-21(27)16-11-6-13(12-17(16)22(25)28)20(26)24-19-5-3-2-4-18(19)23/h2-12H,1H3,(H,24,26). The maximum absolute atomic E-state index is 12.9. The minimum Gasteiger partial charge on any atom is -0.497 e. The predicted octanol–water partition coefficient (Wildman–Crippen LogP) is 4.35. The van der Waals surface area contributed by atoms with Crippen LogP contribution in [0.1, 0.15) is 31.1 Å². The topological polar surface area (TPSA) is 75.7 Å². The van der Waals surface area contributed by atoms with Gasteiger partial charge >= 0.3 is 0 Å². The Morgan fingerprint density at radius 2 is 1.62 bits per heavy atom. The lowest BCUT2D eigenvalue weighted by Crippen LogP contribution is -2.29. The maximum Gasteiger partial charge on any atom is 0.266 e. The molecule has 1 aliphatic heterocycles. The van der Waals surface area contributed by atoms with E-state index >= 15 is 0 Å². The molecule has 3 amide bonds. The van der Waals surface area contributed by atoms with E-state index in [0.29, 0.717) is 22.7 Å². The third kappa shape index (κ3) is 3.49. The van der Waals surface area contributed by atoms with Crippen molar-refractivity contribution < 1.29 is 19.1 Å². The van der Waals surface area contributed by atoms with Crippen molar-refractivity contribution >= 4 is 51.7 Å². The number of benzene rings is 3. The van der Waals surface area contributed by atoms with Crippen LogP contribution in [-0.4, -0.2) is 24.8 Å². The van der Waals surface area contributed by atoms with Gasteiger partial charge in [-0.1, -0.05) is 12.1 Å². The SMILES string of the molecule is COc1ccc(N2C(=O)c3ccc(C(=O)Nc4ccccc4I)cc3C2=O)cc1. The summed E-state index contributed by atoms with van der Waals surface area (Å²) >= 11 is 2.13. The highest BCUT2D eigenvalue weighted by Crippen LogP contribution is 2.30. The minimum absolute atomic E-state index is 0.209. The molecule has 0 saturated carbocycles. The first-order chi connectivity index (χ1) is 14.0. The Balaban J connectivity index is 1.63. The van der Waals surface area contributed by atoms with E-state index in [0.717, 1.165) is 8.47 Å². The van der Waals surface area contributed by atoms with Crippen LogP contribution < -0.4 is 15.0 Å². The number of nitrogens with zero attached hydrogens (tertiary/aromatic N) is 1. The van der Waals surface area contributed by atoms with Crippen molar-refractivity contribution in [3.8, 4) is 5.75 Å². The molecule has 3 aromatic carbocycles. The third-order valence-corrected chi connectivity index (χ3v) is 5.54. The van der Waals surface area contributed by atoms with Crippen LogP contribution in [0.5, 0.6) is 5.75 Å². The zero-order valence-corrected chi connectivity index (χ0v) is 17.5. The molecule has 29 heavy (non-hydrogen) atoms. The lowest BCUT2D eigenvalue weighted by molar-refractivity contribution is 0.0925. The van der Waals surface area contributed by atoms with E-state index in [1.807, 2.05) is 18.2 Å². The van der Waals surface area contributed by atoms with E-state index in [1.165, 1.54) is 12.1 Å². The first kappa shape index (κ1) is 19.1. The Morgan fingerprint density at radius 3 is 2.31 bits per heavy atom. The molecule has 0 aromatic heterocycles. The van der Waals surface area contributed by atoms with E-state index in [2.05, 4.69) is 27.9 Å². The second-order valence-corrected chi connectivity index (χ2v) is 7.50. The second kappa shape index (κ2) is 7.67. The smallest absolute Gasteiger partial charge is 0.266 e. The van der Waals surface area contributed by atoms with Crippen LogP contribution in [0.2, 0.25) is 0 Å². The van der Waals surface area contributed by atoms with Gasteiger partial charge in [-0.2, -0.15) is 0 Å². The number of carbonyl (C=O) groups excluding carboxylic acids is 3. The number of nitrogens with one attached hydrogen (secondary N) is 1. The molecule has 0 saturated heterocycles. The first-order valence-corrected chi connectivity index (χ1v) is 9.80. The van der Waals surface area contributed by atoms with Gasteiger partial charge in [0.15, 0.2) is 0 Å². The summed E-state index contributed by atoms with van der Waals surface area (Å²) in [5, 5.41) is 2.83. The van der Waals surface area contributed by atoms with Gasteiger partial charge in [-0.3, -0.25) is 14.4 Å². The zero-order valence-electron chi connectivity index (χ0n) is 15.3. The molecular weight excluding hydrogens is 483 g/mol. The minimum atomic E-state index is -0.459. The average molecular weight is 498 g/mol. The first-order valence-electron chi connectivity index (χ1n) is 8.72. The van der Waals surface area contributed by atoms with E-state index < -0.39 is 11.8 Å². The van der Waals surface area contributed by atoms with Gasteiger partial charge < -0.3 is 10.1 Å². The Kier molecular flexibility index (Phi) is 5.06. The summed E-state index contributed by atoms with van der Waals surface area (Å²) in [6.45, 7) is 0. The van der Waals surface area contributed by atoms with E-state index in [1.54, 1.807) is 43.5 Å². The van der Waals surface area contributed by atoms with Crippen molar-refractivity contribution in [2.24, 2.45) is 0 Å². The Labute approximate surface area is 180 Å². The second-order valence-electron chi connectivity index (χ2n) is 6.34. The molecule has 6 nitrogen and oxygen atoms in total. The highest BCUT2D eigenvalue weighted by molar-refractivity contribution is 14.1. The third-order valence-electron chi connectivity index (χ3n) is 4.60. The summed E-state index contributed by atoms with van der Waals surface area (Å²) < 4.78 is 6.01. The molecule has 0 aliphatic carbocycles. The van der Waals surface area contributed by atoms with Crippen molar-refractivity contribution in [2.45, 2.75) is 0 Å². The molecule has 0 spiro atoms. The number of hydrogen-bond donors (Lipinski definition) is 1. The molecule has 0 unspecified atom stereocenters. The lowest BCUT2D eigenvalue weighted by Gasteiger charge is -2.14. The number of halogens is 1. The molecule has 4 rings (SSSR count). The summed E-state index contributed by atoms with van der Waals surface area (Å²) in [4.78, 5) is 39.4. The van der Waals surface area contributed by atoms with Crippen LogP contribution in [0.25, 0.3) is 0 Å². The molecule has 7 heteroatoms. The summed E-state index contributed by atoms with van der Waals surface area (Å²) in [5.74, 6) is -0.598. The van der Waals surface area contributed by atoms with Gasteiger partial charge in [0.25, 0.3) is 17.7 Å². The van der Waals surface area contributed by atoms with Crippen LogP contribution in [0.3, 0.4) is 0 Å². The van der Waals surface area contributed by atoms with Gasteiger partial charge in [-0.05, 0) is 77.2 Å². The van der Waals surface area contributed by atoms with Crippen LogP contribution in [0.15, 0.2) is 66.7 Å². The fourth-order valence-corrected chi connectivity index (χ4v) is 3.63. The van der Waals surface area contributed by atoms with Crippen molar-refractivity contribution in [1.29, 1.82) is 0 Å². The Hall–Kier alpha value is -3.20. The van der Waals surface area contributed by atoms with Crippen molar-refractivity contribution in [3.63, 3.8) is 0 Å². The van der Waals surface area contributed by atoms with Gasteiger partial charge in [-0.25, -0.2) is 4.90 Å². The zero-order chi connectivity index (χ0) is 20.5. The van der Waals surface area contributed by atoms with Crippen molar-refractivity contribution in [3.05, 3.63) is 87.0 Å². The highest BCUT2D eigenvalue weighted by atomic mass is 127. The molecule has 0 bridgehead atoms. The quantitative estimate of drug-likeness (QED) is 0.429. The number of hydrogen-bond acceptors (Lipinski definition) is 4. The van der Waals surface area contributed by atoms with E-state index in [-0.39, 0.29) is 17.0 Å².